The van der Waals surface area contributed by atoms with Crippen molar-refractivity contribution >= 4 is 68.1 Å². The molecule has 5 N–H and O–H groups in total. The van der Waals surface area contributed by atoms with Gasteiger partial charge in [-0.1, -0.05) is 47.6 Å². The Labute approximate surface area is 289 Å². The monoisotopic (exact) mass is 677 g/mol. The molecule has 12 heteroatoms. The van der Waals surface area contributed by atoms with Crippen molar-refractivity contribution in [2.24, 2.45) is 5.73 Å². The number of nitrogens with zero attached hydrogens (tertiary/aromatic N) is 6. The van der Waals surface area contributed by atoms with Crippen molar-refractivity contribution < 1.29 is 4.79 Å². The van der Waals surface area contributed by atoms with Crippen LogP contribution in [-0.2, 0) is 0 Å². The molecule has 2 fully saturated rings. The van der Waals surface area contributed by atoms with E-state index in [9.17, 15) is 10.1 Å². The van der Waals surface area contributed by atoms with E-state index in [0.29, 0.717) is 20.8 Å². The van der Waals surface area contributed by atoms with Crippen LogP contribution in [0.15, 0.2) is 73.1 Å². The molecule has 0 bridgehead atoms. The lowest BCUT2D eigenvalue weighted by molar-refractivity contribution is 0.100. The normalized spacial score (nSPS) is 14.8. The number of fused-ring (bicyclic) bond motifs is 1. The van der Waals surface area contributed by atoms with Gasteiger partial charge in [0.25, 0.3) is 5.91 Å². The lowest BCUT2D eigenvalue weighted by Gasteiger charge is -2.37. The number of aromatic amines is 1. The summed E-state index contributed by atoms with van der Waals surface area (Å²) < 4.78 is 0.515. The first-order chi connectivity index (χ1) is 23.2. The van der Waals surface area contributed by atoms with Crippen molar-refractivity contribution in [1.82, 2.24) is 9.97 Å². The summed E-state index contributed by atoms with van der Waals surface area (Å²) in [5, 5.41) is 10.2. The molecule has 0 atom stereocenters. The Hall–Kier alpha value is -5.12. The molecule has 2 aliphatic rings. The molecular weight excluding hydrogens is 639 g/mol. The highest BCUT2D eigenvalue weighted by molar-refractivity contribution is 7.71. The minimum absolute atomic E-state index is 0.387. The molecule has 2 aliphatic heterocycles. The third-order valence-electron chi connectivity index (χ3n) is 8.92. The second-order valence-corrected chi connectivity index (χ2v) is 13.4. The summed E-state index contributed by atoms with van der Waals surface area (Å²) >= 11 is 6.47. The maximum absolute atomic E-state index is 11.6. The van der Waals surface area contributed by atoms with E-state index in [2.05, 4.69) is 98.0 Å². The number of aromatic nitrogens is 2. The molecule has 5 aromatic rings. The minimum atomic E-state index is -0.499. The zero-order valence-corrected chi connectivity index (χ0v) is 28.8. The van der Waals surface area contributed by atoms with E-state index in [-0.39, 0.29) is 0 Å². The van der Waals surface area contributed by atoms with E-state index >= 15 is 0 Å². The van der Waals surface area contributed by atoms with Crippen molar-refractivity contribution in [1.29, 1.82) is 5.26 Å². The van der Waals surface area contributed by atoms with Crippen molar-refractivity contribution in [3.05, 3.63) is 99.3 Å². The Balaban J connectivity index is 0.000000170. The van der Waals surface area contributed by atoms with Crippen molar-refractivity contribution in [3.8, 4) is 6.07 Å². The van der Waals surface area contributed by atoms with Gasteiger partial charge < -0.3 is 36.1 Å². The minimum Gasteiger partial charge on any atom is -0.397 e. The molecule has 10 nitrogen and oxygen atoms in total. The van der Waals surface area contributed by atoms with Crippen molar-refractivity contribution in [3.63, 3.8) is 0 Å². The maximum atomic E-state index is 11.6. The first-order valence-electron chi connectivity index (χ1n) is 15.9. The fourth-order valence-corrected chi connectivity index (χ4v) is 7.39. The first-order valence-corrected chi connectivity index (χ1v) is 17.2. The highest BCUT2D eigenvalue weighted by Gasteiger charge is 2.24. The Kier molecular flexibility index (Phi) is 9.80. The van der Waals surface area contributed by atoms with Gasteiger partial charge in [0.2, 0.25) is 0 Å². The number of H-pyrrole nitrogens is 1. The fraction of sp³-hybridized carbons (Fsp3) is 0.278. The second kappa shape index (κ2) is 14.3. The second-order valence-electron chi connectivity index (χ2n) is 12.0. The number of benzene rings is 2. The van der Waals surface area contributed by atoms with E-state index in [4.69, 9.17) is 23.7 Å². The molecule has 1 amide bonds. The standard InChI is InChI=1S/C19H21N5OS.C17H18N4S/c1-12-2-4-13(5-3-12)23-8-10-24(11-9-23)14-6-7-22-19-15(14)16(20)17(26-19)18(21)25;1-13-2-4-14(5-3-13)20-8-10-21(11-9-20)16-6-7-19-17(22)15(16)12-18/h2-7H,8-11,20H2,1H3,(H2,21,25);2-7H,8-11H2,1H3,(H,19,22). The summed E-state index contributed by atoms with van der Waals surface area (Å²) in [6.07, 6.45) is 3.58. The summed E-state index contributed by atoms with van der Waals surface area (Å²) in [7, 11) is 0. The summed E-state index contributed by atoms with van der Waals surface area (Å²) in [5.74, 6) is -0.499. The fourth-order valence-electron chi connectivity index (χ4n) is 6.24. The number of nitrogen functional groups attached to an aromatic ring is 1. The largest absolute Gasteiger partial charge is 0.397 e. The van der Waals surface area contributed by atoms with Gasteiger partial charge in [0.1, 0.15) is 26.0 Å². The van der Waals surface area contributed by atoms with Gasteiger partial charge in [0, 0.05) is 76.1 Å². The summed E-state index contributed by atoms with van der Waals surface area (Å²) in [5.41, 5.74) is 19.7. The van der Waals surface area contributed by atoms with Gasteiger partial charge in [0.05, 0.1) is 22.4 Å². The highest BCUT2D eigenvalue weighted by atomic mass is 32.1. The molecule has 0 aliphatic carbocycles. The average molecular weight is 678 g/mol. The Morgan fingerprint density at radius 1 is 0.812 bits per heavy atom. The van der Waals surface area contributed by atoms with Crippen LogP contribution in [0.25, 0.3) is 10.2 Å². The van der Waals surface area contributed by atoms with Crippen molar-refractivity contribution in [2.45, 2.75) is 13.8 Å². The molecule has 0 spiro atoms. The van der Waals surface area contributed by atoms with Crippen molar-refractivity contribution in [2.75, 3.05) is 77.7 Å². The molecule has 2 aromatic carbocycles. The van der Waals surface area contributed by atoms with E-state index in [1.165, 1.54) is 33.8 Å². The molecule has 0 radical (unpaired) electrons. The molecule has 0 saturated carbocycles. The predicted octanol–water partition coefficient (Wildman–Crippen LogP) is 5.86. The van der Waals surface area contributed by atoms with E-state index in [1.807, 2.05) is 18.3 Å². The van der Waals surface area contributed by atoms with Crippen LogP contribution < -0.4 is 31.1 Å². The van der Waals surface area contributed by atoms with Gasteiger partial charge in [-0.15, -0.1) is 11.3 Å². The molecule has 48 heavy (non-hydrogen) atoms. The number of aryl methyl sites for hydroxylation is 2. The third kappa shape index (κ3) is 6.93. The number of nitrogens with one attached hydrogen (secondary N) is 1. The number of amides is 1. The number of rotatable bonds is 5. The number of carbonyl (C=O) groups excluding carboxylic acids is 1. The third-order valence-corrected chi connectivity index (χ3v) is 10.4. The molecular formula is C36H39N9OS2. The van der Waals surface area contributed by atoms with Gasteiger partial charge in [0.15, 0.2) is 0 Å². The zero-order chi connectivity index (χ0) is 33.8. The quantitative estimate of drug-likeness (QED) is 0.196. The van der Waals surface area contributed by atoms with Crippen LogP contribution in [0, 0.1) is 29.8 Å². The number of nitrogens with two attached hydrogens (primary N) is 2. The van der Waals surface area contributed by atoms with Crippen LogP contribution in [0.2, 0.25) is 0 Å². The van der Waals surface area contributed by atoms with Gasteiger partial charge in [-0.25, -0.2) is 4.98 Å². The molecule has 0 unspecified atom stereocenters. The summed E-state index contributed by atoms with van der Waals surface area (Å²) in [4.78, 5) is 29.4. The molecule has 3 aromatic heterocycles. The van der Waals surface area contributed by atoms with Gasteiger partial charge >= 0.3 is 0 Å². The first kappa shape index (κ1) is 32.8. The number of piperazine rings is 2. The Morgan fingerprint density at radius 3 is 1.81 bits per heavy atom. The maximum Gasteiger partial charge on any atom is 0.260 e. The molecule has 5 heterocycles. The lowest BCUT2D eigenvalue weighted by atomic mass is 10.1. The number of anilines is 5. The van der Waals surface area contributed by atoms with Gasteiger partial charge in [-0.05, 0) is 50.2 Å². The SMILES string of the molecule is Cc1ccc(N2CCN(c3cc[nH]c(=S)c3C#N)CC2)cc1.Cc1ccc(N2CCN(c3ccnc4sc(C(N)=O)c(N)c34)CC2)cc1. The van der Waals surface area contributed by atoms with E-state index < -0.39 is 5.91 Å². The van der Waals surface area contributed by atoms with Crippen LogP contribution in [0.5, 0.6) is 0 Å². The molecule has 246 valence electrons. The topological polar surface area (TPSA) is 135 Å². The van der Waals surface area contributed by atoms with Crippen LogP contribution in [0.3, 0.4) is 0 Å². The number of thiophene rings is 1. The Bertz CT molecular complexity index is 2000. The van der Waals surface area contributed by atoms with Crippen LogP contribution >= 0.6 is 23.6 Å². The van der Waals surface area contributed by atoms with E-state index in [0.717, 1.165) is 73.9 Å². The van der Waals surface area contributed by atoms with E-state index in [1.54, 1.807) is 6.20 Å². The number of primary amides is 1. The average Bonchev–Trinajstić information content (AvgIpc) is 3.46. The number of nitriles is 1. The highest BCUT2D eigenvalue weighted by Crippen LogP contribution is 2.39. The lowest BCUT2D eigenvalue weighted by Crippen LogP contribution is -2.46. The number of hydrogen-bond donors (Lipinski definition) is 3. The molecule has 7 rings (SSSR count). The van der Waals surface area contributed by atoms with Crippen LogP contribution in [-0.4, -0.2) is 68.2 Å². The smallest absolute Gasteiger partial charge is 0.260 e. The number of pyridine rings is 2. The predicted molar refractivity (Wildman–Crippen MR) is 200 cm³/mol. The molecule has 2 saturated heterocycles. The van der Waals surface area contributed by atoms with Gasteiger partial charge in [-0.3, -0.25) is 4.79 Å². The summed E-state index contributed by atoms with van der Waals surface area (Å²) in [6.45, 7) is 11.5. The number of hydrogen-bond acceptors (Lipinski definition) is 10. The van der Waals surface area contributed by atoms with Gasteiger partial charge in [-0.2, -0.15) is 5.26 Å². The summed E-state index contributed by atoms with van der Waals surface area (Å²) in [6, 6.07) is 23.4. The number of carbonyl (C=O) groups is 1. The Morgan fingerprint density at radius 2 is 1.31 bits per heavy atom. The van der Waals surface area contributed by atoms with Crippen LogP contribution in [0.4, 0.5) is 28.4 Å². The van der Waals surface area contributed by atoms with Crippen LogP contribution in [0.1, 0.15) is 26.4 Å². The zero-order valence-electron chi connectivity index (χ0n) is 27.1.